The first kappa shape index (κ1) is 21.6. The lowest BCUT2D eigenvalue weighted by atomic mass is 10.0. The number of nitrogens with zero attached hydrogens (tertiary/aromatic N) is 4. The van der Waals surface area contributed by atoms with Gasteiger partial charge in [0.2, 0.25) is 0 Å². The van der Waals surface area contributed by atoms with E-state index in [-0.39, 0.29) is 17.7 Å². The molecule has 2 aromatic heterocycles. The summed E-state index contributed by atoms with van der Waals surface area (Å²) in [5.74, 6) is -1.03. The van der Waals surface area contributed by atoms with Crippen LogP contribution in [0.5, 0.6) is 5.75 Å². The highest BCUT2D eigenvalue weighted by Crippen LogP contribution is 2.38. The zero-order valence-electron chi connectivity index (χ0n) is 17.7. The van der Waals surface area contributed by atoms with Crippen molar-refractivity contribution in [1.82, 2.24) is 14.5 Å². The number of aliphatic hydroxyl groups is 1. The summed E-state index contributed by atoms with van der Waals surface area (Å²) in [6.45, 7) is -1.55. The van der Waals surface area contributed by atoms with E-state index in [1.807, 2.05) is 12.1 Å². The van der Waals surface area contributed by atoms with Crippen molar-refractivity contribution in [3.8, 4) is 5.75 Å². The Labute approximate surface area is 188 Å². The summed E-state index contributed by atoms with van der Waals surface area (Å²) in [5, 5.41) is 14.0. The van der Waals surface area contributed by atoms with Crippen molar-refractivity contribution >= 4 is 17.1 Å². The van der Waals surface area contributed by atoms with Crippen molar-refractivity contribution in [2.45, 2.75) is 38.0 Å². The molecule has 0 radical (unpaired) electrons. The summed E-state index contributed by atoms with van der Waals surface area (Å²) in [7, 11) is 0. The van der Waals surface area contributed by atoms with Crippen LogP contribution in [0.25, 0.3) is 5.52 Å². The number of halogens is 3. The zero-order valence-corrected chi connectivity index (χ0v) is 17.7. The third-order valence-corrected chi connectivity index (χ3v) is 6.27. The van der Waals surface area contributed by atoms with E-state index < -0.39 is 18.5 Å². The van der Waals surface area contributed by atoms with Gasteiger partial charge in [0.05, 0.1) is 29.4 Å². The average molecular weight is 460 g/mol. The molecule has 2 aliphatic rings. The van der Waals surface area contributed by atoms with Gasteiger partial charge in [0.25, 0.3) is 5.91 Å². The minimum atomic E-state index is -3.03. The van der Waals surface area contributed by atoms with Crippen LogP contribution < -0.4 is 9.64 Å². The lowest BCUT2D eigenvalue weighted by molar-refractivity contribution is -0.0500. The van der Waals surface area contributed by atoms with Crippen molar-refractivity contribution in [3.05, 3.63) is 59.7 Å². The van der Waals surface area contributed by atoms with Crippen LogP contribution in [0, 0.1) is 5.82 Å². The molecule has 0 aliphatic carbocycles. The molecule has 1 N–H and O–H groups in total. The monoisotopic (exact) mass is 460 g/mol. The summed E-state index contributed by atoms with van der Waals surface area (Å²) in [6, 6.07) is 7.23. The molecule has 33 heavy (non-hydrogen) atoms. The fraction of sp³-hybridized carbons (Fsp3) is 0.391. The van der Waals surface area contributed by atoms with Crippen molar-refractivity contribution in [2.75, 3.05) is 24.5 Å². The highest BCUT2D eigenvalue weighted by molar-refractivity contribution is 6.01. The highest BCUT2D eigenvalue weighted by atomic mass is 19.3. The van der Waals surface area contributed by atoms with Gasteiger partial charge in [-0.1, -0.05) is 0 Å². The minimum Gasteiger partial charge on any atom is -0.435 e. The maximum atomic E-state index is 14.1. The molecular formula is C23H23F3N4O3. The normalized spacial score (nSPS) is 20.9. The quantitative estimate of drug-likeness (QED) is 0.630. The summed E-state index contributed by atoms with van der Waals surface area (Å²) in [6.07, 6.45) is 4.88. The fourth-order valence-corrected chi connectivity index (χ4v) is 4.78. The standard InChI is InChI=1S/C23H23F3N4O3/c24-15-8-14(9-18(10-15)33-23(25)26)20-2-1-5-29(20)16-3-7-30-21(11-16)19(12-27-30)22(32)28-6-4-17(31)13-28/h3,7-12,17,20,23,31H,1-2,4-6,13H2. The van der Waals surface area contributed by atoms with Gasteiger partial charge in [-0.3, -0.25) is 4.79 Å². The third-order valence-electron chi connectivity index (χ3n) is 6.27. The molecule has 2 fully saturated rings. The lowest BCUT2D eigenvalue weighted by Gasteiger charge is -2.28. The molecule has 174 valence electrons. The minimum absolute atomic E-state index is 0.185. The Morgan fingerprint density at radius 3 is 2.79 bits per heavy atom. The van der Waals surface area contributed by atoms with E-state index in [1.54, 1.807) is 15.6 Å². The number of carbonyl (C=O) groups is 1. The molecule has 1 aromatic carbocycles. The van der Waals surface area contributed by atoms with Gasteiger partial charge in [0.15, 0.2) is 0 Å². The average Bonchev–Trinajstić information content (AvgIpc) is 3.51. The number of carbonyl (C=O) groups excluding carboxylic acids is 1. The number of fused-ring (bicyclic) bond motifs is 1. The number of pyridine rings is 1. The van der Waals surface area contributed by atoms with Crippen molar-refractivity contribution in [3.63, 3.8) is 0 Å². The number of anilines is 1. The van der Waals surface area contributed by atoms with Crippen LogP contribution in [0.15, 0.2) is 42.7 Å². The summed E-state index contributed by atoms with van der Waals surface area (Å²) in [5.41, 5.74) is 2.45. The van der Waals surface area contributed by atoms with E-state index in [9.17, 15) is 23.1 Å². The number of rotatable bonds is 5. The molecule has 2 saturated heterocycles. The van der Waals surface area contributed by atoms with Crippen molar-refractivity contribution in [2.24, 2.45) is 0 Å². The Kier molecular flexibility index (Phi) is 5.61. The van der Waals surface area contributed by atoms with Gasteiger partial charge in [0, 0.05) is 37.6 Å². The molecule has 1 amide bonds. The number of ether oxygens (including phenoxy) is 1. The van der Waals surface area contributed by atoms with Gasteiger partial charge in [-0.05, 0) is 49.1 Å². The van der Waals surface area contributed by atoms with Crippen LogP contribution in [-0.2, 0) is 0 Å². The van der Waals surface area contributed by atoms with E-state index in [4.69, 9.17) is 0 Å². The second kappa shape index (κ2) is 8.58. The SMILES string of the molecule is O=C(c1cnn2ccc(N3CCCC3c3cc(F)cc(OC(F)F)c3)cc12)N1CCC(O)C1. The lowest BCUT2D eigenvalue weighted by Crippen LogP contribution is -2.29. The van der Waals surface area contributed by atoms with Gasteiger partial charge in [-0.15, -0.1) is 0 Å². The van der Waals surface area contributed by atoms with Crippen molar-refractivity contribution < 1.29 is 27.8 Å². The molecule has 2 unspecified atom stereocenters. The Morgan fingerprint density at radius 1 is 1.18 bits per heavy atom. The Hall–Kier alpha value is -3.27. The number of hydrogen-bond donors (Lipinski definition) is 1. The van der Waals surface area contributed by atoms with Gasteiger partial charge >= 0.3 is 6.61 Å². The Balaban J connectivity index is 1.46. The molecule has 7 nitrogen and oxygen atoms in total. The van der Waals surface area contributed by atoms with E-state index >= 15 is 0 Å². The first-order valence-electron chi connectivity index (χ1n) is 10.9. The van der Waals surface area contributed by atoms with Gasteiger partial charge in [-0.25, -0.2) is 8.91 Å². The van der Waals surface area contributed by atoms with Crippen LogP contribution in [0.4, 0.5) is 18.9 Å². The van der Waals surface area contributed by atoms with Gasteiger partial charge in [0.1, 0.15) is 11.6 Å². The van der Waals surface area contributed by atoms with E-state index in [1.165, 1.54) is 18.3 Å². The Morgan fingerprint density at radius 2 is 2.03 bits per heavy atom. The van der Waals surface area contributed by atoms with Crippen LogP contribution in [0.1, 0.15) is 41.2 Å². The van der Waals surface area contributed by atoms with Crippen molar-refractivity contribution in [1.29, 1.82) is 0 Å². The van der Waals surface area contributed by atoms with E-state index in [2.05, 4.69) is 14.7 Å². The molecule has 5 rings (SSSR count). The molecule has 0 spiro atoms. The number of amides is 1. The molecule has 4 heterocycles. The van der Waals surface area contributed by atoms with Crippen LogP contribution in [-0.4, -0.2) is 57.9 Å². The topological polar surface area (TPSA) is 70.3 Å². The van der Waals surface area contributed by atoms with Crippen LogP contribution >= 0.6 is 0 Å². The van der Waals surface area contributed by atoms with E-state index in [0.717, 1.165) is 24.6 Å². The predicted octanol–water partition coefficient (Wildman–Crippen LogP) is 3.62. The fourth-order valence-electron chi connectivity index (χ4n) is 4.78. The number of likely N-dealkylation sites (tertiary alicyclic amines) is 1. The van der Waals surface area contributed by atoms with Gasteiger partial charge in [-0.2, -0.15) is 13.9 Å². The van der Waals surface area contributed by atoms with Crippen LogP contribution in [0.2, 0.25) is 0 Å². The second-order valence-corrected chi connectivity index (χ2v) is 8.42. The number of hydrogen-bond acceptors (Lipinski definition) is 5. The molecule has 3 aromatic rings. The largest absolute Gasteiger partial charge is 0.435 e. The zero-order chi connectivity index (χ0) is 23.1. The Bertz CT molecular complexity index is 1180. The molecule has 2 atom stereocenters. The predicted molar refractivity (Wildman–Crippen MR) is 114 cm³/mol. The smallest absolute Gasteiger partial charge is 0.387 e. The summed E-state index contributed by atoms with van der Waals surface area (Å²) < 4.78 is 45.5. The summed E-state index contributed by atoms with van der Waals surface area (Å²) >= 11 is 0. The number of aliphatic hydroxyl groups excluding tert-OH is 1. The number of β-amino-alcohol motifs (C(OH)–C–C–N with tert-alkyl or cyclic N) is 1. The molecule has 2 aliphatic heterocycles. The summed E-state index contributed by atoms with van der Waals surface area (Å²) in [4.78, 5) is 16.7. The number of benzene rings is 1. The first-order chi connectivity index (χ1) is 15.9. The third kappa shape index (κ3) is 4.22. The maximum absolute atomic E-state index is 14.1. The molecule has 10 heteroatoms. The number of alkyl halides is 2. The molecule has 0 saturated carbocycles. The van der Waals surface area contributed by atoms with E-state index in [0.29, 0.717) is 42.7 Å². The highest BCUT2D eigenvalue weighted by Gasteiger charge is 2.30. The molecule has 0 bridgehead atoms. The maximum Gasteiger partial charge on any atom is 0.387 e. The first-order valence-corrected chi connectivity index (χ1v) is 10.9. The second-order valence-electron chi connectivity index (χ2n) is 8.42. The van der Waals surface area contributed by atoms with Gasteiger partial charge < -0.3 is 19.6 Å². The van der Waals surface area contributed by atoms with Crippen LogP contribution in [0.3, 0.4) is 0 Å². The number of aromatic nitrogens is 2. The molecular weight excluding hydrogens is 437 g/mol.